The highest BCUT2D eigenvalue weighted by Crippen LogP contribution is 2.03. The SMILES string of the molecule is CC(C)NC(=O)CCNC(C)Cc1ccco1. The van der Waals surface area contributed by atoms with Gasteiger partial charge in [0.1, 0.15) is 5.76 Å². The zero-order valence-corrected chi connectivity index (χ0v) is 10.8. The molecule has 1 aromatic heterocycles. The van der Waals surface area contributed by atoms with E-state index in [1.165, 1.54) is 0 Å². The van der Waals surface area contributed by atoms with Crippen molar-refractivity contribution in [2.45, 2.75) is 45.7 Å². The van der Waals surface area contributed by atoms with Gasteiger partial charge in [0.05, 0.1) is 6.26 Å². The highest BCUT2D eigenvalue weighted by molar-refractivity contribution is 5.76. The second-order valence-electron chi connectivity index (χ2n) is 4.61. The van der Waals surface area contributed by atoms with Crippen LogP contribution in [0.5, 0.6) is 0 Å². The smallest absolute Gasteiger partial charge is 0.221 e. The summed E-state index contributed by atoms with van der Waals surface area (Å²) in [5, 5.41) is 6.17. The topological polar surface area (TPSA) is 54.3 Å². The Hall–Kier alpha value is -1.29. The van der Waals surface area contributed by atoms with E-state index < -0.39 is 0 Å². The lowest BCUT2D eigenvalue weighted by molar-refractivity contribution is -0.121. The van der Waals surface area contributed by atoms with E-state index in [2.05, 4.69) is 17.6 Å². The summed E-state index contributed by atoms with van der Waals surface area (Å²) in [6.45, 7) is 6.71. The van der Waals surface area contributed by atoms with E-state index in [-0.39, 0.29) is 11.9 Å². The Kier molecular flexibility index (Phi) is 5.77. The van der Waals surface area contributed by atoms with Gasteiger partial charge in [-0.25, -0.2) is 0 Å². The normalized spacial score (nSPS) is 12.7. The lowest BCUT2D eigenvalue weighted by atomic mass is 10.2. The van der Waals surface area contributed by atoms with Crippen molar-refractivity contribution >= 4 is 5.91 Å². The molecule has 0 saturated carbocycles. The van der Waals surface area contributed by atoms with Crippen molar-refractivity contribution in [1.82, 2.24) is 10.6 Å². The molecule has 1 amide bonds. The summed E-state index contributed by atoms with van der Waals surface area (Å²) in [6.07, 6.45) is 3.04. The Morgan fingerprint density at radius 2 is 2.18 bits per heavy atom. The highest BCUT2D eigenvalue weighted by Gasteiger charge is 2.07. The van der Waals surface area contributed by atoms with Gasteiger partial charge < -0.3 is 15.1 Å². The van der Waals surface area contributed by atoms with Crippen LogP contribution in [0.3, 0.4) is 0 Å². The van der Waals surface area contributed by atoms with Gasteiger partial charge in [0.25, 0.3) is 0 Å². The Balaban J connectivity index is 2.12. The zero-order valence-electron chi connectivity index (χ0n) is 10.8. The van der Waals surface area contributed by atoms with Gasteiger partial charge >= 0.3 is 0 Å². The second kappa shape index (κ2) is 7.12. The lowest BCUT2D eigenvalue weighted by Gasteiger charge is -2.13. The van der Waals surface area contributed by atoms with Crippen molar-refractivity contribution in [2.24, 2.45) is 0 Å². The minimum Gasteiger partial charge on any atom is -0.469 e. The van der Waals surface area contributed by atoms with Gasteiger partial charge in [-0.05, 0) is 32.9 Å². The number of hydrogen-bond acceptors (Lipinski definition) is 3. The first kappa shape index (κ1) is 13.8. The van der Waals surface area contributed by atoms with Crippen LogP contribution in [0.25, 0.3) is 0 Å². The molecule has 0 radical (unpaired) electrons. The van der Waals surface area contributed by atoms with Crippen LogP contribution in [0.2, 0.25) is 0 Å². The van der Waals surface area contributed by atoms with E-state index in [9.17, 15) is 4.79 Å². The van der Waals surface area contributed by atoms with Crippen molar-refractivity contribution < 1.29 is 9.21 Å². The minimum absolute atomic E-state index is 0.0951. The van der Waals surface area contributed by atoms with Crippen molar-refractivity contribution in [1.29, 1.82) is 0 Å². The van der Waals surface area contributed by atoms with E-state index in [4.69, 9.17) is 4.42 Å². The molecule has 1 heterocycles. The fraction of sp³-hybridized carbons (Fsp3) is 0.615. The molecule has 2 N–H and O–H groups in total. The summed E-state index contributed by atoms with van der Waals surface area (Å²) in [7, 11) is 0. The molecule has 17 heavy (non-hydrogen) atoms. The first-order valence-electron chi connectivity index (χ1n) is 6.13. The molecule has 1 aromatic rings. The average molecular weight is 238 g/mol. The molecule has 4 heteroatoms. The average Bonchev–Trinajstić information content (AvgIpc) is 2.69. The molecule has 4 nitrogen and oxygen atoms in total. The first-order chi connectivity index (χ1) is 8.08. The van der Waals surface area contributed by atoms with Crippen molar-refractivity contribution in [2.75, 3.05) is 6.54 Å². The number of furan rings is 1. The maximum absolute atomic E-state index is 11.4. The highest BCUT2D eigenvalue weighted by atomic mass is 16.3. The van der Waals surface area contributed by atoms with Crippen molar-refractivity contribution in [3.05, 3.63) is 24.2 Å². The number of nitrogens with one attached hydrogen (secondary N) is 2. The largest absolute Gasteiger partial charge is 0.469 e. The van der Waals surface area contributed by atoms with Crippen LogP contribution < -0.4 is 10.6 Å². The quantitative estimate of drug-likeness (QED) is 0.760. The van der Waals surface area contributed by atoms with Gasteiger partial charge in [0.2, 0.25) is 5.91 Å². The molecule has 0 aliphatic heterocycles. The van der Waals surface area contributed by atoms with E-state index in [1.807, 2.05) is 26.0 Å². The molecule has 1 atom stereocenters. The van der Waals surface area contributed by atoms with Crippen molar-refractivity contribution in [3.63, 3.8) is 0 Å². The molecule has 0 aromatic carbocycles. The number of amides is 1. The molecule has 0 spiro atoms. The minimum atomic E-state index is 0.0951. The molecule has 1 unspecified atom stereocenters. The molecular weight excluding hydrogens is 216 g/mol. The van der Waals surface area contributed by atoms with Crippen molar-refractivity contribution in [3.8, 4) is 0 Å². The summed E-state index contributed by atoms with van der Waals surface area (Å²) >= 11 is 0. The summed E-state index contributed by atoms with van der Waals surface area (Å²) in [6, 6.07) is 4.37. The summed E-state index contributed by atoms with van der Waals surface area (Å²) in [5.74, 6) is 1.06. The maximum atomic E-state index is 11.4. The number of rotatable bonds is 7. The lowest BCUT2D eigenvalue weighted by Crippen LogP contribution is -2.35. The third-order valence-corrected chi connectivity index (χ3v) is 2.38. The van der Waals surface area contributed by atoms with E-state index in [0.29, 0.717) is 19.0 Å². The fourth-order valence-corrected chi connectivity index (χ4v) is 1.63. The third-order valence-electron chi connectivity index (χ3n) is 2.38. The van der Waals surface area contributed by atoms with E-state index >= 15 is 0 Å². The molecule has 1 rings (SSSR count). The number of hydrogen-bond donors (Lipinski definition) is 2. The van der Waals surface area contributed by atoms with Crippen LogP contribution >= 0.6 is 0 Å². The Labute approximate surface area is 103 Å². The van der Waals surface area contributed by atoms with Crippen LogP contribution in [-0.4, -0.2) is 24.5 Å². The molecule has 0 saturated heterocycles. The van der Waals surface area contributed by atoms with Gasteiger partial charge in [-0.1, -0.05) is 0 Å². The van der Waals surface area contributed by atoms with E-state index in [1.54, 1.807) is 6.26 Å². The van der Waals surface area contributed by atoms with Crippen LogP contribution in [-0.2, 0) is 11.2 Å². The monoisotopic (exact) mass is 238 g/mol. The van der Waals surface area contributed by atoms with Crippen LogP contribution in [0.15, 0.2) is 22.8 Å². The number of carbonyl (C=O) groups is 1. The van der Waals surface area contributed by atoms with Gasteiger partial charge in [0, 0.05) is 31.5 Å². The standard InChI is InChI=1S/C13H22N2O2/c1-10(2)15-13(16)6-7-14-11(3)9-12-5-4-8-17-12/h4-5,8,10-11,14H,6-7,9H2,1-3H3,(H,15,16). The number of carbonyl (C=O) groups excluding carboxylic acids is 1. The molecule has 0 bridgehead atoms. The molecular formula is C13H22N2O2. The predicted molar refractivity (Wildman–Crippen MR) is 67.8 cm³/mol. The Morgan fingerprint density at radius 1 is 1.41 bits per heavy atom. The van der Waals surface area contributed by atoms with Gasteiger partial charge in [-0.2, -0.15) is 0 Å². The van der Waals surface area contributed by atoms with Crippen LogP contribution in [0.4, 0.5) is 0 Å². The summed E-state index contributed by atoms with van der Waals surface area (Å²) < 4.78 is 5.26. The second-order valence-corrected chi connectivity index (χ2v) is 4.61. The molecule has 0 fully saturated rings. The van der Waals surface area contributed by atoms with Crippen LogP contribution in [0.1, 0.15) is 33.0 Å². The van der Waals surface area contributed by atoms with Gasteiger partial charge in [0.15, 0.2) is 0 Å². The Morgan fingerprint density at radius 3 is 2.76 bits per heavy atom. The van der Waals surface area contributed by atoms with E-state index in [0.717, 1.165) is 12.2 Å². The molecule has 0 aliphatic carbocycles. The third kappa shape index (κ3) is 6.12. The zero-order chi connectivity index (χ0) is 12.7. The summed E-state index contributed by atoms with van der Waals surface area (Å²) in [4.78, 5) is 11.4. The van der Waals surface area contributed by atoms with Gasteiger partial charge in [-0.15, -0.1) is 0 Å². The van der Waals surface area contributed by atoms with Gasteiger partial charge in [-0.3, -0.25) is 4.79 Å². The fourth-order valence-electron chi connectivity index (χ4n) is 1.63. The predicted octanol–water partition coefficient (Wildman–Crippen LogP) is 1.71. The summed E-state index contributed by atoms with van der Waals surface area (Å²) in [5.41, 5.74) is 0. The first-order valence-corrected chi connectivity index (χ1v) is 6.13. The maximum Gasteiger partial charge on any atom is 0.221 e. The van der Waals surface area contributed by atoms with Crippen LogP contribution in [0, 0.1) is 0 Å². The molecule has 96 valence electrons. The molecule has 0 aliphatic rings. The Bertz CT molecular complexity index is 320.